The molecule has 2 nitrogen and oxygen atoms in total. The van der Waals surface area contributed by atoms with E-state index in [-0.39, 0.29) is 0 Å². The first kappa shape index (κ1) is 23.9. The Hall–Kier alpha value is -3.18. The molecule has 4 heteroatoms. The Morgan fingerprint density at radius 3 is 1.74 bits per heavy atom. The van der Waals surface area contributed by atoms with E-state index in [1.54, 1.807) is 0 Å². The molecule has 0 spiro atoms. The fraction of sp³-hybridized carbons (Fsp3) is 0.176. The molecule has 1 saturated heterocycles. The molecule has 1 fully saturated rings. The van der Waals surface area contributed by atoms with E-state index in [0.717, 1.165) is 17.8 Å². The zero-order chi connectivity index (χ0) is 25.6. The predicted molar refractivity (Wildman–Crippen MR) is 165 cm³/mol. The van der Waals surface area contributed by atoms with Gasteiger partial charge in [0.15, 0.2) is 0 Å². The first-order valence-corrected chi connectivity index (χ1v) is 17.3. The zero-order valence-electron chi connectivity index (χ0n) is 21.6. The highest BCUT2D eigenvalue weighted by Crippen LogP contribution is 2.79. The summed E-state index contributed by atoms with van der Waals surface area (Å²) in [6, 6.07) is 43.8. The average Bonchev–Trinajstić information content (AvgIpc) is 3.36. The summed E-state index contributed by atoms with van der Waals surface area (Å²) in [4.78, 5) is 0. The molecule has 0 amide bonds. The maximum Gasteiger partial charge on any atom is 0.0621 e. The summed E-state index contributed by atoms with van der Waals surface area (Å²) in [5.74, 6) is 3.14. The van der Waals surface area contributed by atoms with Crippen molar-refractivity contribution in [3.05, 3.63) is 145 Å². The van der Waals surface area contributed by atoms with Crippen LogP contribution in [0.3, 0.4) is 0 Å². The molecule has 4 aromatic rings. The minimum Gasteiger partial charge on any atom is -0.262 e. The third kappa shape index (κ3) is 3.70. The van der Waals surface area contributed by atoms with Crippen molar-refractivity contribution in [1.29, 1.82) is 0 Å². The highest BCUT2D eigenvalue weighted by molar-refractivity contribution is 7.81. The molecule has 38 heavy (non-hydrogen) atoms. The molecule has 188 valence electrons. The largest absolute Gasteiger partial charge is 0.262 e. The SMILES string of the molecule is CC1=C[P@@](=Nc2ccccc2)(c2ccccc2)[C@H]2[C@@H]1C[C@H]1C=C[C@@H]2P1(=Nc1ccccc1)c1ccccc1. The lowest BCUT2D eigenvalue weighted by Gasteiger charge is -2.47. The summed E-state index contributed by atoms with van der Waals surface area (Å²) in [5, 5.41) is 2.82. The van der Waals surface area contributed by atoms with Crippen LogP contribution in [0.1, 0.15) is 13.3 Å². The van der Waals surface area contributed by atoms with E-state index in [4.69, 9.17) is 9.49 Å². The van der Waals surface area contributed by atoms with Gasteiger partial charge >= 0.3 is 0 Å². The van der Waals surface area contributed by atoms with Crippen LogP contribution < -0.4 is 10.6 Å². The van der Waals surface area contributed by atoms with Crippen molar-refractivity contribution in [1.82, 2.24) is 0 Å². The van der Waals surface area contributed by atoms with E-state index >= 15 is 0 Å². The van der Waals surface area contributed by atoms with Gasteiger partial charge in [-0.3, -0.25) is 9.49 Å². The van der Waals surface area contributed by atoms with Gasteiger partial charge in [0.1, 0.15) is 0 Å². The standard InChI is InChI=1S/C34H32N2P2/c1-26-25-37(29-18-10-4-11-19-29,35-27-14-6-2-7-15-27)34-32(26)24-31-22-23-33(34)38(31,30-20-12-5-13-21-30)36-28-16-8-3-9-17-28/h2-23,25,31-34H,24H2,1H3/t31-,32-,33+,34+,37-,38?/m1/s1. The summed E-state index contributed by atoms with van der Waals surface area (Å²) in [5.41, 5.74) is 4.96. The van der Waals surface area contributed by atoms with E-state index in [1.165, 1.54) is 16.2 Å². The molecule has 7 rings (SSSR count). The quantitative estimate of drug-likeness (QED) is 0.186. The molecule has 0 N–H and O–H groups in total. The van der Waals surface area contributed by atoms with Crippen molar-refractivity contribution in [2.24, 2.45) is 15.4 Å². The molecule has 3 aliphatic heterocycles. The van der Waals surface area contributed by atoms with Gasteiger partial charge in [-0.2, -0.15) is 0 Å². The molecule has 0 aromatic heterocycles. The van der Waals surface area contributed by atoms with Crippen LogP contribution in [0, 0.1) is 5.92 Å². The van der Waals surface area contributed by atoms with Gasteiger partial charge in [-0.05, 0) is 60.0 Å². The maximum atomic E-state index is 5.80. The lowest BCUT2D eigenvalue weighted by Crippen LogP contribution is -2.40. The summed E-state index contributed by atoms with van der Waals surface area (Å²) in [6.45, 7) is 2.37. The van der Waals surface area contributed by atoms with E-state index in [1.807, 2.05) is 0 Å². The van der Waals surface area contributed by atoms with Crippen molar-refractivity contribution in [2.75, 3.05) is 0 Å². The molecular formula is C34H32N2P2. The minimum atomic E-state index is -2.08. The minimum absolute atomic E-state index is 0.364. The topological polar surface area (TPSA) is 24.7 Å². The molecule has 0 saturated carbocycles. The summed E-state index contributed by atoms with van der Waals surface area (Å²) < 4.78 is 11.6. The highest BCUT2D eigenvalue weighted by atomic mass is 31.2. The molecule has 4 aromatic carbocycles. The molecule has 2 bridgehead atoms. The van der Waals surface area contributed by atoms with Gasteiger partial charge in [0.2, 0.25) is 0 Å². The number of hydrogen-bond donors (Lipinski definition) is 0. The molecule has 0 radical (unpaired) electrons. The molecular weight excluding hydrogens is 498 g/mol. The van der Waals surface area contributed by atoms with Crippen molar-refractivity contribution >= 4 is 36.1 Å². The van der Waals surface area contributed by atoms with Crippen LogP contribution in [-0.4, -0.2) is 17.0 Å². The third-order valence-corrected chi connectivity index (χ3v) is 17.4. The molecule has 3 heterocycles. The van der Waals surface area contributed by atoms with Crippen LogP contribution >= 0.6 is 14.1 Å². The number of hydrogen-bond acceptors (Lipinski definition) is 2. The van der Waals surface area contributed by atoms with E-state index in [2.05, 4.69) is 146 Å². The first-order chi connectivity index (χ1) is 18.7. The van der Waals surface area contributed by atoms with Crippen molar-refractivity contribution < 1.29 is 0 Å². The Balaban J connectivity index is 1.52. The summed E-state index contributed by atoms with van der Waals surface area (Å²) in [7, 11) is -4.07. The number of nitrogens with zero attached hydrogens (tertiary/aromatic N) is 2. The Kier molecular flexibility index (Phi) is 6.00. The van der Waals surface area contributed by atoms with Crippen molar-refractivity contribution in [3.8, 4) is 0 Å². The van der Waals surface area contributed by atoms with E-state index in [9.17, 15) is 0 Å². The fourth-order valence-electron chi connectivity index (χ4n) is 7.07. The normalized spacial score (nSPS) is 30.9. The lowest BCUT2D eigenvalue weighted by molar-refractivity contribution is 0.540. The first-order valence-electron chi connectivity index (χ1n) is 13.5. The zero-order valence-corrected chi connectivity index (χ0v) is 23.4. The fourth-order valence-corrected chi connectivity index (χ4v) is 17.4. The van der Waals surface area contributed by atoms with Crippen LogP contribution in [0.15, 0.2) is 154 Å². The third-order valence-electron chi connectivity index (χ3n) is 8.60. The van der Waals surface area contributed by atoms with E-state index in [0.29, 0.717) is 22.9 Å². The summed E-state index contributed by atoms with van der Waals surface area (Å²) >= 11 is 0. The second-order valence-electron chi connectivity index (χ2n) is 10.7. The van der Waals surface area contributed by atoms with Gasteiger partial charge < -0.3 is 0 Å². The monoisotopic (exact) mass is 530 g/mol. The second kappa shape index (κ2) is 9.53. The van der Waals surface area contributed by atoms with Crippen molar-refractivity contribution in [2.45, 2.75) is 30.3 Å². The van der Waals surface area contributed by atoms with Crippen LogP contribution in [0.4, 0.5) is 11.4 Å². The Bertz CT molecular complexity index is 1620. The summed E-state index contributed by atoms with van der Waals surface area (Å²) in [6.07, 6.45) is 6.25. The van der Waals surface area contributed by atoms with Crippen LogP contribution in [-0.2, 0) is 0 Å². The smallest absolute Gasteiger partial charge is 0.0621 e. The van der Waals surface area contributed by atoms with Gasteiger partial charge in [-0.15, -0.1) is 0 Å². The molecule has 0 aliphatic carbocycles. The van der Waals surface area contributed by atoms with Gasteiger partial charge in [0, 0.05) is 31.1 Å². The van der Waals surface area contributed by atoms with Gasteiger partial charge in [0.05, 0.1) is 11.4 Å². The van der Waals surface area contributed by atoms with Gasteiger partial charge in [0.25, 0.3) is 0 Å². The van der Waals surface area contributed by atoms with Gasteiger partial charge in [-0.1, -0.05) is 115 Å². The predicted octanol–water partition coefficient (Wildman–Crippen LogP) is 9.32. The maximum absolute atomic E-state index is 5.80. The number of benzene rings is 4. The second-order valence-corrected chi connectivity index (χ2v) is 17.2. The van der Waals surface area contributed by atoms with Crippen LogP contribution in [0.5, 0.6) is 0 Å². The Morgan fingerprint density at radius 1 is 0.605 bits per heavy atom. The van der Waals surface area contributed by atoms with E-state index < -0.39 is 14.1 Å². The number of rotatable bonds is 4. The number of allylic oxidation sites excluding steroid dienone is 3. The molecule has 1 unspecified atom stereocenters. The van der Waals surface area contributed by atoms with Crippen LogP contribution in [0.25, 0.3) is 0 Å². The molecule has 6 atom stereocenters. The number of fused-ring (bicyclic) bond motifs is 4. The average molecular weight is 531 g/mol. The van der Waals surface area contributed by atoms with Crippen LogP contribution in [0.2, 0.25) is 0 Å². The lowest BCUT2D eigenvalue weighted by atomic mass is 9.92. The molecule has 3 aliphatic rings. The Labute approximate surface area is 226 Å². The highest BCUT2D eigenvalue weighted by Gasteiger charge is 2.58. The Morgan fingerprint density at radius 2 is 1.13 bits per heavy atom. The van der Waals surface area contributed by atoms with Crippen molar-refractivity contribution in [3.63, 3.8) is 0 Å². The van der Waals surface area contributed by atoms with Gasteiger partial charge in [-0.25, -0.2) is 0 Å².